The van der Waals surface area contributed by atoms with Crippen LogP contribution in [0.2, 0.25) is 0 Å². The first-order chi connectivity index (χ1) is 11.2. The van der Waals surface area contributed by atoms with Gasteiger partial charge >= 0.3 is 0 Å². The Morgan fingerprint density at radius 1 is 0.652 bits per heavy atom. The summed E-state index contributed by atoms with van der Waals surface area (Å²) in [5.41, 5.74) is 6.09. The molecule has 0 fully saturated rings. The number of nitrogens with zero attached hydrogens (tertiary/aromatic N) is 1. The highest BCUT2D eigenvalue weighted by Crippen LogP contribution is 2.26. The summed E-state index contributed by atoms with van der Waals surface area (Å²) in [5.74, 6) is 0. The lowest BCUT2D eigenvalue weighted by Gasteiger charge is -2.14. The van der Waals surface area contributed by atoms with E-state index in [0.717, 1.165) is 5.56 Å². The normalized spacial score (nSPS) is 11.3. The van der Waals surface area contributed by atoms with Crippen molar-refractivity contribution >= 4 is 6.21 Å². The van der Waals surface area contributed by atoms with Gasteiger partial charge in [-0.15, -0.1) is 0 Å². The zero-order chi connectivity index (χ0) is 16.1. The Morgan fingerprint density at radius 2 is 1.13 bits per heavy atom. The van der Waals surface area contributed by atoms with Crippen molar-refractivity contribution in [3.8, 4) is 0 Å². The lowest BCUT2D eigenvalue weighted by Crippen LogP contribution is -1.99. The van der Waals surface area contributed by atoms with Crippen LogP contribution in [0.1, 0.15) is 33.9 Å². The van der Waals surface area contributed by atoms with Gasteiger partial charge in [-0.2, -0.15) is 0 Å². The fraction of sp³-hybridized carbons (Fsp3) is 0.136. The van der Waals surface area contributed by atoms with Gasteiger partial charge in [-0.25, -0.2) is 0 Å². The van der Waals surface area contributed by atoms with Crippen LogP contribution < -0.4 is 0 Å². The van der Waals surface area contributed by atoms with Crippen molar-refractivity contribution in [3.63, 3.8) is 0 Å². The highest BCUT2D eigenvalue weighted by molar-refractivity contribution is 5.79. The van der Waals surface area contributed by atoms with Crippen LogP contribution in [-0.4, -0.2) is 6.21 Å². The molecule has 0 aliphatic rings. The molecule has 1 heteroatoms. The lowest BCUT2D eigenvalue weighted by atomic mass is 9.97. The van der Waals surface area contributed by atoms with Gasteiger partial charge in [-0.1, -0.05) is 90.0 Å². The summed E-state index contributed by atoms with van der Waals surface area (Å²) in [4.78, 5) is 4.87. The van der Waals surface area contributed by atoms with Crippen LogP contribution >= 0.6 is 0 Å². The average molecular weight is 299 g/mol. The molecule has 0 spiro atoms. The van der Waals surface area contributed by atoms with E-state index in [0.29, 0.717) is 0 Å². The Balaban J connectivity index is 1.97. The summed E-state index contributed by atoms with van der Waals surface area (Å²) in [7, 11) is 0. The second-order valence-electron chi connectivity index (χ2n) is 5.91. The minimum Gasteiger partial charge on any atom is -0.280 e. The van der Waals surface area contributed by atoms with Crippen LogP contribution in [0.5, 0.6) is 0 Å². The predicted molar refractivity (Wildman–Crippen MR) is 98.2 cm³/mol. The highest BCUT2D eigenvalue weighted by Gasteiger charge is 2.11. The van der Waals surface area contributed by atoms with Gasteiger partial charge in [0.1, 0.15) is 0 Å². The second kappa shape index (κ2) is 7.06. The molecule has 23 heavy (non-hydrogen) atoms. The van der Waals surface area contributed by atoms with Crippen LogP contribution in [0, 0.1) is 13.8 Å². The van der Waals surface area contributed by atoms with E-state index in [1.165, 1.54) is 22.3 Å². The molecule has 1 nitrogen and oxygen atoms in total. The van der Waals surface area contributed by atoms with Crippen molar-refractivity contribution in [2.75, 3.05) is 0 Å². The first kappa shape index (κ1) is 15.2. The van der Waals surface area contributed by atoms with Crippen LogP contribution in [0.4, 0.5) is 0 Å². The quantitative estimate of drug-likeness (QED) is 0.563. The van der Waals surface area contributed by atoms with Gasteiger partial charge < -0.3 is 0 Å². The smallest absolute Gasteiger partial charge is 0.0999 e. The molecule has 0 N–H and O–H groups in total. The van der Waals surface area contributed by atoms with Crippen molar-refractivity contribution in [2.45, 2.75) is 19.9 Å². The van der Waals surface area contributed by atoms with E-state index in [1.807, 2.05) is 24.4 Å². The van der Waals surface area contributed by atoms with Crippen molar-refractivity contribution in [3.05, 3.63) is 107 Å². The number of rotatable bonds is 4. The third-order valence-corrected chi connectivity index (χ3v) is 3.96. The first-order valence-electron chi connectivity index (χ1n) is 7.94. The summed E-state index contributed by atoms with van der Waals surface area (Å²) in [6, 6.07) is 27.5. The standard InChI is InChI=1S/C22H21N/c1-17-8-12-20(13-9-17)22(21-14-10-18(2)11-15-21)23-16-19-6-4-3-5-7-19/h3-16,22H,1-2H3. The molecule has 3 rings (SSSR count). The minimum atomic E-state index is 0.0245. The molecule has 0 bridgehead atoms. The van der Waals surface area contributed by atoms with Gasteiger partial charge in [0.25, 0.3) is 0 Å². The summed E-state index contributed by atoms with van der Waals surface area (Å²) >= 11 is 0. The minimum absolute atomic E-state index is 0.0245. The Morgan fingerprint density at radius 3 is 1.61 bits per heavy atom. The molecule has 0 atom stereocenters. The van der Waals surface area contributed by atoms with Crippen LogP contribution in [0.25, 0.3) is 0 Å². The molecule has 0 aliphatic heterocycles. The zero-order valence-electron chi connectivity index (χ0n) is 13.6. The van der Waals surface area contributed by atoms with E-state index >= 15 is 0 Å². The molecule has 0 aromatic heterocycles. The van der Waals surface area contributed by atoms with E-state index in [1.54, 1.807) is 0 Å². The summed E-state index contributed by atoms with van der Waals surface area (Å²) < 4.78 is 0. The maximum Gasteiger partial charge on any atom is 0.0999 e. The van der Waals surface area contributed by atoms with Gasteiger partial charge in [0.2, 0.25) is 0 Å². The average Bonchev–Trinajstić information content (AvgIpc) is 2.59. The Labute approximate surface area is 138 Å². The number of hydrogen-bond donors (Lipinski definition) is 0. The van der Waals surface area contributed by atoms with Crippen molar-refractivity contribution in [2.24, 2.45) is 4.99 Å². The molecule has 0 heterocycles. The van der Waals surface area contributed by atoms with Crippen LogP contribution in [0.3, 0.4) is 0 Å². The van der Waals surface area contributed by atoms with E-state index in [4.69, 9.17) is 4.99 Å². The topological polar surface area (TPSA) is 12.4 Å². The van der Waals surface area contributed by atoms with Crippen molar-refractivity contribution in [1.29, 1.82) is 0 Å². The SMILES string of the molecule is Cc1ccc(C(N=Cc2ccccc2)c2ccc(C)cc2)cc1. The summed E-state index contributed by atoms with van der Waals surface area (Å²) in [6.45, 7) is 4.22. The van der Waals surface area contributed by atoms with Gasteiger partial charge in [0.15, 0.2) is 0 Å². The third kappa shape index (κ3) is 3.95. The Kier molecular flexibility index (Phi) is 4.68. The monoisotopic (exact) mass is 299 g/mol. The van der Waals surface area contributed by atoms with Crippen molar-refractivity contribution in [1.82, 2.24) is 0 Å². The molecule has 0 amide bonds. The van der Waals surface area contributed by atoms with Gasteiger partial charge in [0, 0.05) is 6.21 Å². The van der Waals surface area contributed by atoms with E-state index < -0.39 is 0 Å². The van der Waals surface area contributed by atoms with Gasteiger partial charge in [-0.05, 0) is 30.5 Å². The molecule has 0 saturated heterocycles. The molecule has 3 aromatic carbocycles. The largest absolute Gasteiger partial charge is 0.280 e. The maximum absolute atomic E-state index is 4.87. The molecular formula is C22H21N. The van der Waals surface area contributed by atoms with Gasteiger partial charge in [0.05, 0.1) is 6.04 Å². The molecule has 114 valence electrons. The first-order valence-corrected chi connectivity index (χ1v) is 7.94. The number of aryl methyl sites for hydroxylation is 2. The van der Waals surface area contributed by atoms with E-state index in [-0.39, 0.29) is 6.04 Å². The Hall–Kier alpha value is -2.67. The highest BCUT2D eigenvalue weighted by atomic mass is 14.8. The molecule has 0 saturated carbocycles. The number of aliphatic imine (C=N–C) groups is 1. The second-order valence-corrected chi connectivity index (χ2v) is 5.91. The van der Waals surface area contributed by atoms with Crippen LogP contribution in [-0.2, 0) is 0 Å². The van der Waals surface area contributed by atoms with E-state index in [9.17, 15) is 0 Å². The number of hydrogen-bond acceptors (Lipinski definition) is 1. The molecule has 0 aliphatic carbocycles. The van der Waals surface area contributed by atoms with E-state index in [2.05, 4.69) is 74.5 Å². The number of benzene rings is 3. The maximum atomic E-state index is 4.87. The zero-order valence-corrected chi connectivity index (χ0v) is 13.6. The third-order valence-electron chi connectivity index (χ3n) is 3.96. The van der Waals surface area contributed by atoms with Crippen molar-refractivity contribution < 1.29 is 0 Å². The summed E-state index contributed by atoms with van der Waals surface area (Å²) in [5, 5.41) is 0. The fourth-order valence-electron chi connectivity index (χ4n) is 2.56. The predicted octanol–water partition coefficient (Wildman–Crippen LogP) is 5.51. The summed E-state index contributed by atoms with van der Waals surface area (Å²) in [6.07, 6.45) is 1.96. The molecule has 0 unspecified atom stereocenters. The Bertz CT molecular complexity index is 723. The lowest BCUT2D eigenvalue weighted by molar-refractivity contribution is 0.877. The van der Waals surface area contributed by atoms with Crippen LogP contribution in [0.15, 0.2) is 83.9 Å². The molecular weight excluding hydrogens is 278 g/mol. The fourth-order valence-corrected chi connectivity index (χ4v) is 2.56. The molecule has 3 aromatic rings. The van der Waals surface area contributed by atoms with Gasteiger partial charge in [-0.3, -0.25) is 4.99 Å². The molecule has 0 radical (unpaired) electrons.